The van der Waals surface area contributed by atoms with E-state index in [0.29, 0.717) is 0 Å². The van der Waals surface area contributed by atoms with Crippen LogP contribution in [0.5, 0.6) is 0 Å². The molecule has 0 aromatic heterocycles. The lowest BCUT2D eigenvalue weighted by molar-refractivity contribution is 0.796. The van der Waals surface area contributed by atoms with Crippen molar-refractivity contribution in [2.75, 3.05) is 5.32 Å². The van der Waals surface area contributed by atoms with Gasteiger partial charge in [0, 0.05) is 12.1 Å². The molecule has 1 aliphatic rings. The molecule has 0 unspecified atom stereocenters. The Morgan fingerprint density at radius 2 is 2.29 bits per heavy atom. The minimum Gasteiger partial charge on any atom is -0.349 e. The van der Waals surface area contributed by atoms with Crippen molar-refractivity contribution in [2.45, 2.75) is 32.6 Å². The van der Waals surface area contributed by atoms with Crippen LogP contribution in [0.2, 0.25) is 0 Å². The highest BCUT2D eigenvalue weighted by atomic mass is 32.1. The van der Waals surface area contributed by atoms with Crippen LogP contribution in [-0.4, -0.2) is 4.99 Å². The van der Waals surface area contributed by atoms with Crippen molar-refractivity contribution in [1.82, 2.24) is 0 Å². The van der Waals surface area contributed by atoms with Gasteiger partial charge in [-0.15, -0.1) is 0 Å². The minimum absolute atomic E-state index is 0.921. The fourth-order valence-corrected chi connectivity index (χ4v) is 2.15. The first-order valence-electron chi connectivity index (χ1n) is 5.22. The maximum absolute atomic E-state index is 5.19. The Bertz CT molecular complexity index is 357. The van der Waals surface area contributed by atoms with E-state index in [4.69, 9.17) is 12.2 Å². The molecule has 1 aliphatic heterocycles. The van der Waals surface area contributed by atoms with Crippen molar-refractivity contribution >= 4 is 22.9 Å². The van der Waals surface area contributed by atoms with Gasteiger partial charge in [-0.25, -0.2) is 0 Å². The largest absolute Gasteiger partial charge is 0.349 e. The fraction of sp³-hybridized carbons (Fsp3) is 0.417. The molecule has 1 heterocycles. The summed E-state index contributed by atoms with van der Waals surface area (Å²) in [6.45, 7) is 2.22. The quantitative estimate of drug-likeness (QED) is 0.760. The first-order chi connectivity index (χ1) is 6.81. The van der Waals surface area contributed by atoms with Crippen LogP contribution in [0.25, 0.3) is 0 Å². The van der Waals surface area contributed by atoms with E-state index in [2.05, 4.69) is 30.4 Å². The second-order valence-electron chi connectivity index (χ2n) is 3.78. The average Bonchev–Trinajstić information content (AvgIpc) is 2.55. The Hall–Kier alpha value is -0.890. The molecule has 0 atom stereocenters. The summed E-state index contributed by atoms with van der Waals surface area (Å²) in [6, 6.07) is 6.51. The lowest BCUT2D eigenvalue weighted by Gasteiger charge is -2.07. The van der Waals surface area contributed by atoms with Crippen molar-refractivity contribution in [3.05, 3.63) is 29.3 Å². The summed E-state index contributed by atoms with van der Waals surface area (Å²) in [5.41, 5.74) is 4.07. The van der Waals surface area contributed by atoms with Gasteiger partial charge >= 0.3 is 0 Å². The molecule has 0 amide bonds. The summed E-state index contributed by atoms with van der Waals surface area (Å²) >= 11 is 5.19. The van der Waals surface area contributed by atoms with Gasteiger partial charge in [-0.3, -0.25) is 0 Å². The summed E-state index contributed by atoms with van der Waals surface area (Å²) in [5.74, 6) is 0. The Kier molecular flexibility index (Phi) is 2.82. The molecule has 14 heavy (non-hydrogen) atoms. The van der Waals surface area contributed by atoms with Gasteiger partial charge in [0.1, 0.15) is 0 Å². The van der Waals surface area contributed by atoms with Gasteiger partial charge < -0.3 is 5.32 Å². The third kappa shape index (κ3) is 1.80. The van der Waals surface area contributed by atoms with E-state index in [1.165, 1.54) is 29.7 Å². The molecule has 1 aromatic carbocycles. The number of nitrogens with one attached hydrogen (secondary N) is 1. The zero-order valence-corrected chi connectivity index (χ0v) is 9.29. The minimum atomic E-state index is 0.921. The summed E-state index contributed by atoms with van der Waals surface area (Å²) < 4.78 is 0. The van der Waals surface area contributed by atoms with E-state index in [0.717, 1.165) is 17.8 Å². The summed E-state index contributed by atoms with van der Waals surface area (Å²) in [6.07, 6.45) is 4.58. The summed E-state index contributed by atoms with van der Waals surface area (Å²) in [4.78, 5) is 0.962. The number of hydrogen-bond donors (Lipinski definition) is 1. The van der Waals surface area contributed by atoms with Crippen LogP contribution in [0.3, 0.4) is 0 Å². The van der Waals surface area contributed by atoms with Gasteiger partial charge in [0.05, 0.1) is 4.99 Å². The molecule has 0 spiro atoms. The highest BCUT2D eigenvalue weighted by Gasteiger charge is 2.16. The summed E-state index contributed by atoms with van der Waals surface area (Å²) in [7, 11) is 0. The molecule has 0 aliphatic carbocycles. The van der Waals surface area contributed by atoms with E-state index >= 15 is 0 Å². The van der Waals surface area contributed by atoms with Crippen LogP contribution in [0.15, 0.2) is 18.2 Å². The zero-order chi connectivity index (χ0) is 9.97. The highest BCUT2D eigenvalue weighted by molar-refractivity contribution is 7.80. The number of para-hydroxylation sites is 1. The number of hydrogen-bond acceptors (Lipinski definition) is 1. The van der Waals surface area contributed by atoms with Crippen LogP contribution in [-0.2, 0) is 12.8 Å². The topological polar surface area (TPSA) is 12.0 Å². The maximum Gasteiger partial charge on any atom is 0.0842 e. The van der Waals surface area contributed by atoms with Crippen LogP contribution in [0.1, 0.15) is 30.9 Å². The molecule has 1 nitrogen and oxygen atoms in total. The van der Waals surface area contributed by atoms with E-state index in [1.807, 2.05) is 0 Å². The summed E-state index contributed by atoms with van der Waals surface area (Å²) in [5, 5.41) is 3.31. The van der Waals surface area contributed by atoms with Crippen molar-refractivity contribution in [3.8, 4) is 0 Å². The molecule has 1 aromatic rings. The van der Waals surface area contributed by atoms with Crippen LogP contribution < -0.4 is 5.32 Å². The van der Waals surface area contributed by atoms with E-state index in [-0.39, 0.29) is 0 Å². The SMILES string of the molecule is CCCCc1cccc2c1NC(=S)C2. The Balaban J connectivity index is 2.25. The number of rotatable bonds is 3. The normalized spacial score (nSPS) is 13.9. The first-order valence-corrected chi connectivity index (χ1v) is 5.62. The van der Waals surface area contributed by atoms with Gasteiger partial charge in [-0.1, -0.05) is 43.8 Å². The fourth-order valence-electron chi connectivity index (χ4n) is 1.89. The van der Waals surface area contributed by atoms with Gasteiger partial charge in [-0.2, -0.15) is 0 Å². The van der Waals surface area contributed by atoms with Crippen molar-refractivity contribution in [2.24, 2.45) is 0 Å². The average molecular weight is 205 g/mol. The Morgan fingerprint density at radius 3 is 3.07 bits per heavy atom. The molecular formula is C12H15NS. The number of benzene rings is 1. The second kappa shape index (κ2) is 4.09. The number of fused-ring (bicyclic) bond motifs is 1. The predicted octanol–water partition coefficient (Wildman–Crippen LogP) is 3.32. The lowest BCUT2D eigenvalue weighted by Crippen LogP contribution is -2.02. The van der Waals surface area contributed by atoms with E-state index < -0.39 is 0 Å². The molecular weight excluding hydrogens is 190 g/mol. The van der Waals surface area contributed by atoms with Gasteiger partial charge in [0.25, 0.3) is 0 Å². The highest BCUT2D eigenvalue weighted by Crippen LogP contribution is 2.28. The number of anilines is 1. The van der Waals surface area contributed by atoms with Gasteiger partial charge in [-0.05, 0) is 24.0 Å². The molecule has 1 N–H and O–H groups in total. The molecule has 2 heteroatoms. The molecule has 0 radical (unpaired) electrons. The Morgan fingerprint density at radius 1 is 1.43 bits per heavy atom. The monoisotopic (exact) mass is 205 g/mol. The van der Waals surface area contributed by atoms with Crippen molar-refractivity contribution < 1.29 is 0 Å². The molecule has 74 valence electrons. The third-order valence-electron chi connectivity index (χ3n) is 2.65. The van der Waals surface area contributed by atoms with Crippen LogP contribution in [0.4, 0.5) is 5.69 Å². The molecule has 0 fully saturated rings. The molecule has 0 saturated heterocycles. The van der Waals surface area contributed by atoms with E-state index in [1.54, 1.807) is 0 Å². The van der Waals surface area contributed by atoms with Crippen LogP contribution in [0, 0.1) is 0 Å². The number of aryl methyl sites for hydroxylation is 1. The molecule has 2 rings (SSSR count). The Labute approximate surface area is 90.5 Å². The van der Waals surface area contributed by atoms with Crippen LogP contribution >= 0.6 is 12.2 Å². The first kappa shape index (κ1) is 9.66. The molecule has 0 bridgehead atoms. The van der Waals surface area contributed by atoms with Gasteiger partial charge in [0.2, 0.25) is 0 Å². The van der Waals surface area contributed by atoms with Crippen molar-refractivity contribution in [1.29, 1.82) is 0 Å². The number of unbranched alkanes of at least 4 members (excludes halogenated alkanes) is 1. The van der Waals surface area contributed by atoms with Gasteiger partial charge in [0.15, 0.2) is 0 Å². The smallest absolute Gasteiger partial charge is 0.0842 e. The number of thiocarbonyl (C=S) groups is 1. The zero-order valence-electron chi connectivity index (χ0n) is 8.47. The third-order valence-corrected chi connectivity index (χ3v) is 2.90. The maximum atomic E-state index is 5.19. The lowest BCUT2D eigenvalue weighted by atomic mass is 10.0. The predicted molar refractivity (Wildman–Crippen MR) is 65.0 cm³/mol. The van der Waals surface area contributed by atoms with Crippen molar-refractivity contribution in [3.63, 3.8) is 0 Å². The van der Waals surface area contributed by atoms with E-state index in [9.17, 15) is 0 Å². The second-order valence-corrected chi connectivity index (χ2v) is 4.27. The molecule has 0 saturated carbocycles. The standard InChI is InChI=1S/C12H15NS/c1-2-3-5-9-6-4-7-10-8-11(14)13-12(9)10/h4,6-7H,2-3,5,8H2,1H3,(H,13,14).